The molecule has 0 bridgehead atoms. The average Bonchev–Trinajstić information content (AvgIpc) is 2.36. The van der Waals surface area contributed by atoms with Gasteiger partial charge in [0.2, 0.25) is 0 Å². The van der Waals surface area contributed by atoms with E-state index in [1.807, 2.05) is 6.08 Å². The molecule has 1 aliphatic rings. The summed E-state index contributed by atoms with van der Waals surface area (Å²) in [5.74, 6) is -0.233. The minimum atomic E-state index is -0.233. The van der Waals surface area contributed by atoms with E-state index in [0.29, 0.717) is 6.61 Å². The van der Waals surface area contributed by atoms with Gasteiger partial charge in [-0.2, -0.15) is 0 Å². The lowest BCUT2D eigenvalue weighted by molar-refractivity contribution is -0.146. The predicted molar refractivity (Wildman–Crippen MR) is 44.7 cm³/mol. The third-order valence-electron chi connectivity index (χ3n) is 1.81. The molecule has 0 aliphatic carbocycles. The maximum absolute atomic E-state index is 10.6. The highest BCUT2D eigenvalue weighted by atomic mass is 16.6. The minimum absolute atomic E-state index is 0.0487. The normalized spacial score (nSPS) is 28.4. The van der Waals surface area contributed by atoms with Crippen molar-refractivity contribution in [3.63, 3.8) is 0 Å². The monoisotopic (exact) mass is 170 g/mol. The first kappa shape index (κ1) is 9.26. The van der Waals surface area contributed by atoms with Gasteiger partial charge in [0.1, 0.15) is 6.10 Å². The Morgan fingerprint density at radius 3 is 3.17 bits per heavy atom. The SMILES string of the molecule is C=CC[C@H]1CC(OC(C)=O)CO1. The molecule has 1 heterocycles. The van der Waals surface area contributed by atoms with E-state index in [-0.39, 0.29) is 18.2 Å². The van der Waals surface area contributed by atoms with E-state index in [1.54, 1.807) is 0 Å². The first-order chi connectivity index (χ1) is 5.72. The molecule has 0 aromatic carbocycles. The summed E-state index contributed by atoms with van der Waals surface area (Å²) in [6, 6.07) is 0. The summed E-state index contributed by atoms with van der Waals surface area (Å²) in [7, 11) is 0. The van der Waals surface area contributed by atoms with Crippen LogP contribution in [-0.2, 0) is 14.3 Å². The standard InChI is InChI=1S/C9H14O3/c1-3-4-8-5-9(6-11-8)12-7(2)10/h3,8-9H,1,4-6H2,2H3/t8-,9?/m0/s1. The highest BCUT2D eigenvalue weighted by Gasteiger charge is 2.26. The molecule has 0 aromatic rings. The van der Waals surface area contributed by atoms with Gasteiger partial charge in [0, 0.05) is 13.3 Å². The quantitative estimate of drug-likeness (QED) is 0.473. The second-order valence-electron chi connectivity index (χ2n) is 2.95. The van der Waals surface area contributed by atoms with Crippen molar-refractivity contribution in [2.24, 2.45) is 0 Å². The van der Waals surface area contributed by atoms with Gasteiger partial charge < -0.3 is 9.47 Å². The van der Waals surface area contributed by atoms with Crippen LogP contribution in [0.25, 0.3) is 0 Å². The lowest BCUT2D eigenvalue weighted by Gasteiger charge is -2.07. The molecule has 1 fully saturated rings. The summed E-state index contributed by atoms with van der Waals surface area (Å²) in [5.41, 5.74) is 0. The molecule has 1 rings (SSSR count). The lowest BCUT2D eigenvalue weighted by Crippen LogP contribution is -2.15. The highest BCUT2D eigenvalue weighted by molar-refractivity contribution is 5.66. The first-order valence-electron chi connectivity index (χ1n) is 4.12. The van der Waals surface area contributed by atoms with Gasteiger partial charge in [0.25, 0.3) is 0 Å². The molecule has 0 amide bonds. The van der Waals surface area contributed by atoms with Gasteiger partial charge in [-0.15, -0.1) is 6.58 Å². The van der Waals surface area contributed by atoms with Crippen LogP contribution in [0.3, 0.4) is 0 Å². The van der Waals surface area contributed by atoms with Crippen LogP contribution >= 0.6 is 0 Å². The summed E-state index contributed by atoms with van der Waals surface area (Å²) >= 11 is 0. The van der Waals surface area contributed by atoms with Gasteiger partial charge in [-0.1, -0.05) is 6.08 Å². The van der Waals surface area contributed by atoms with E-state index < -0.39 is 0 Å². The van der Waals surface area contributed by atoms with Gasteiger partial charge >= 0.3 is 5.97 Å². The van der Waals surface area contributed by atoms with E-state index in [2.05, 4.69) is 6.58 Å². The zero-order valence-electron chi connectivity index (χ0n) is 7.29. The molecule has 0 saturated carbocycles. The van der Waals surface area contributed by atoms with Crippen molar-refractivity contribution in [3.8, 4) is 0 Å². The number of hydrogen-bond donors (Lipinski definition) is 0. The van der Waals surface area contributed by atoms with Crippen LogP contribution in [-0.4, -0.2) is 24.8 Å². The van der Waals surface area contributed by atoms with Crippen molar-refractivity contribution >= 4 is 5.97 Å². The van der Waals surface area contributed by atoms with Crippen LogP contribution in [0.5, 0.6) is 0 Å². The van der Waals surface area contributed by atoms with Crippen molar-refractivity contribution in [1.82, 2.24) is 0 Å². The Kier molecular flexibility index (Phi) is 3.29. The van der Waals surface area contributed by atoms with Crippen molar-refractivity contribution in [2.75, 3.05) is 6.61 Å². The number of ether oxygens (including phenoxy) is 2. The number of carbonyl (C=O) groups is 1. The van der Waals surface area contributed by atoms with E-state index in [0.717, 1.165) is 12.8 Å². The van der Waals surface area contributed by atoms with Crippen LogP contribution in [0.4, 0.5) is 0 Å². The highest BCUT2D eigenvalue weighted by Crippen LogP contribution is 2.18. The Labute approximate surface area is 72.4 Å². The largest absolute Gasteiger partial charge is 0.460 e. The average molecular weight is 170 g/mol. The number of rotatable bonds is 3. The molecule has 3 nitrogen and oxygen atoms in total. The van der Waals surface area contributed by atoms with Gasteiger partial charge in [-0.3, -0.25) is 4.79 Å². The first-order valence-corrected chi connectivity index (χ1v) is 4.12. The molecule has 0 N–H and O–H groups in total. The van der Waals surface area contributed by atoms with Gasteiger partial charge in [0.05, 0.1) is 12.7 Å². The zero-order chi connectivity index (χ0) is 8.97. The molecule has 12 heavy (non-hydrogen) atoms. The smallest absolute Gasteiger partial charge is 0.302 e. The molecule has 0 spiro atoms. The summed E-state index contributed by atoms with van der Waals surface area (Å²) in [4.78, 5) is 10.6. The Morgan fingerprint density at radius 1 is 1.83 bits per heavy atom. The molecule has 68 valence electrons. The fraction of sp³-hybridized carbons (Fsp3) is 0.667. The summed E-state index contributed by atoms with van der Waals surface area (Å²) in [6.07, 6.45) is 3.59. The molecule has 0 aromatic heterocycles. The van der Waals surface area contributed by atoms with E-state index in [4.69, 9.17) is 9.47 Å². The zero-order valence-corrected chi connectivity index (χ0v) is 7.29. The second kappa shape index (κ2) is 4.26. The predicted octanol–water partition coefficient (Wildman–Crippen LogP) is 1.28. The van der Waals surface area contributed by atoms with Crippen LogP contribution in [0.1, 0.15) is 19.8 Å². The maximum atomic E-state index is 10.6. The van der Waals surface area contributed by atoms with Gasteiger partial charge in [-0.05, 0) is 6.42 Å². The van der Waals surface area contributed by atoms with Crippen LogP contribution in [0.2, 0.25) is 0 Å². The van der Waals surface area contributed by atoms with Crippen molar-refractivity contribution in [1.29, 1.82) is 0 Å². The second-order valence-corrected chi connectivity index (χ2v) is 2.95. The number of esters is 1. The molecule has 3 heteroatoms. The van der Waals surface area contributed by atoms with E-state index >= 15 is 0 Å². The van der Waals surface area contributed by atoms with E-state index in [1.165, 1.54) is 6.92 Å². The number of carbonyl (C=O) groups excluding carboxylic acids is 1. The summed E-state index contributed by atoms with van der Waals surface area (Å²) in [5, 5.41) is 0. The Morgan fingerprint density at radius 2 is 2.58 bits per heavy atom. The van der Waals surface area contributed by atoms with Crippen molar-refractivity contribution in [3.05, 3.63) is 12.7 Å². The maximum Gasteiger partial charge on any atom is 0.302 e. The van der Waals surface area contributed by atoms with Gasteiger partial charge in [-0.25, -0.2) is 0 Å². The Hall–Kier alpha value is -0.830. The van der Waals surface area contributed by atoms with Crippen molar-refractivity contribution < 1.29 is 14.3 Å². The molecular formula is C9H14O3. The molecule has 0 radical (unpaired) electrons. The topological polar surface area (TPSA) is 35.5 Å². The lowest BCUT2D eigenvalue weighted by atomic mass is 10.1. The molecule has 2 atom stereocenters. The van der Waals surface area contributed by atoms with Crippen LogP contribution < -0.4 is 0 Å². The third kappa shape index (κ3) is 2.66. The third-order valence-corrected chi connectivity index (χ3v) is 1.81. The number of hydrogen-bond acceptors (Lipinski definition) is 3. The summed E-state index contributed by atoms with van der Waals surface area (Å²) < 4.78 is 10.3. The molecule has 1 aliphatic heterocycles. The molecule has 1 unspecified atom stereocenters. The van der Waals surface area contributed by atoms with Gasteiger partial charge in [0.15, 0.2) is 0 Å². The minimum Gasteiger partial charge on any atom is -0.460 e. The fourth-order valence-corrected chi connectivity index (χ4v) is 1.34. The molecule has 1 saturated heterocycles. The van der Waals surface area contributed by atoms with Crippen LogP contribution in [0, 0.1) is 0 Å². The Bertz CT molecular complexity index is 177. The van der Waals surface area contributed by atoms with E-state index in [9.17, 15) is 4.79 Å². The van der Waals surface area contributed by atoms with Crippen LogP contribution in [0.15, 0.2) is 12.7 Å². The fourth-order valence-electron chi connectivity index (χ4n) is 1.34. The Balaban J connectivity index is 2.25. The molecular weight excluding hydrogens is 156 g/mol. The van der Waals surface area contributed by atoms with Crippen molar-refractivity contribution in [2.45, 2.75) is 32.0 Å². The summed E-state index contributed by atoms with van der Waals surface area (Å²) in [6.45, 7) is 5.57.